The van der Waals surface area contributed by atoms with Crippen molar-refractivity contribution in [1.29, 1.82) is 0 Å². The van der Waals surface area contributed by atoms with E-state index in [4.69, 9.17) is 16.2 Å². The summed E-state index contributed by atoms with van der Waals surface area (Å²) in [6, 6.07) is 13.3. The molecule has 2 aromatic rings. The highest BCUT2D eigenvalue weighted by molar-refractivity contribution is 5.97. The summed E-state index contributed by atoms with van der Waals surface area (Å²) in [4.78, 5) is 23.6. The van der Waals surface area contributed by atoms with Crippen LogP contribution in [0.1, 0.15) is 46.8 Å². The maximum Gasteiger partial charge on any atom is 0.251 e. The number of nitrogens with one attached hydrogen (secondary N) is 1. The number of primary amides is 1. The molecule has 6 nitrogen and oxygen atoms in total. The molecule has 0 bridgehead atoms. The molecule has 5 N–H and O–H groups in total. The van der Waals surface area contributed by atoms with Gasteiger partial charge in [-0.1, -0.05) is 24.0 Å². The van der Waals surface area contributed by atoms with E-state index in [1.165, 1.54) is 12.8 Å². The van der Waals surface area contributed by atoms with Crippen LogP contribution in [0, 0.1) is 11.8 Å². The highest BCUT2D eigenvalue weighted by Gasteiger charge is 2.23. The zero-order valence-electron chi connectivity index (χ0n) is 16.4. The number of hydrogen-bond donors (Lipinski definition) is 3. The molecule has 6 heteroatoms. The third-order valence-electron chi connectivity index (χ3n) is 4.58. The molecule has 1 aliphatic rings. The summed E-state index contributed by atoms with van der Waals surface area (Å²) in [5.41, 5.74) is 14.2. The largest absolute Gasteiger partial charge is 0.374 e. The van der Waals surface area contributed by atoms with Gasteiger partial charge in [-0.25, -0.2) is 0 Å². The van der Waals surface area contributed by atoms with Crippen molar-refractivity contribution >= 4 is 11.8 Å². The monoisotopic (exact) mass is 391 g/mol. The lowest BCUT2D eigenvalue weighted by Gasteiger charge is -2.18. The quantitative estimate of drug-likeness (QED) is 0.624. The summed E-state index contributed by atoms with van der Waals surface area (Å²) < 4.78 is 5.69. The van der Waals surface area contributed by atoms with Crippen LogP contribution >= 0.6 is 0 Å². The minimum Gasteiger partial charge on any atom is -0.374 e. The van der Waals surface area contributed by atoms with Crippen molar-refractivity contribution in [2.45, 2.75) is 44.6 Å². The molecule has 0 saturated heterocycles. The summed E-state index contributed by atoms with van der Waals surface area (Å²) in [5.74, 6) is 5.11. The Morgan fingerprint density at radius 2 is 1.62 bits per heavy atom. The maximum atomic E-state index is 12.3. The number of rotatable bonds is 7. The number of hydrogen-bond acceptors (Lipinski definition) is 4. The number of carbonyl (C=O) groups excluding carboxylic acids is 2. The van der Waals surface area contributed by atoms with Crippen LogP contribution < -0.4 is 16.8 Å². The van der Waals surface area contributed by atoms with Crippen LogP contribution in [0.15, 0.2) is 48.5 Å². The highest BCUT2D eigenvalue weighted by Crippen LogP contribution is 2.24. The predicted octanol–water partition coefficient (Wildman–Crippen LogP) is 1.70. The summed E-state index contributed by atoms with van der Waals surface area (Å²) >= 11 is 0. The van der Waals surface area contributed by atoms with Gasteiger partial charge in [-0.2, -0.15) is 0 Å². The van der Waals surface area contributed by atoms with E-state index in [9.17, 15) is 9.59 Å². The molecule has 0 aromatic heterocycles. The van der Waals surface area contributed by atoms with Gasteiger partial charge in [0, 0.05) is 22.7 Å². The van der Waals surface area contributed by atoms with Crippen molar-refractivity contribution in [1.82, 2.24) is 5.32 Å². The molecule has 2 amide bonds. The Bertz CT molecular complexity index is 921. The number of nitrogens with two attached hydrogens (primary N) is 2. The molecule has 1 aliphatic carbocycles. The van der Waals surface area contributed by atoms with Crippen LogP contribution in [-0.4, -0.2) is 30.0 Å². The smallest absolute Gasteiger partial charge is 0.251 e. The normalized spacial score (nSPS) is 15.0. The Labute approximate surface area is 170 Å². The third kappa shape index (κ3) is 6.18. The number of benzene rings is 2. The molecule has 3 rings (SSSR count). The van der Waals surface area contributed by atoms with E-state index in [1.807, 2.05) is 24.3 Å². The molecule has 29 heavy (non-hydrogen) atoms. The molecule has 2 unspecified atom stereocenters. The second kappa shape index (κ2) is 9.37. The van der Waals surface area contributed by atoms with Gasteiger partial charge in [0.25, 0.3) is 5.91 Å². The fraction of sp³-hybridized carbons (Fsp3) is 0.304. The van der Waals surface area contributed by atoms with Crippen LogP contribution in [-0.2, 0) is 16.1 Å². The summed E-state index contributed by atoms with van der Waals surface area (Å²) in [5, 5.41) is 2.55. The molecule has 0 heterocycles. The van der Waals surface area contributed by atoms with Crippen molar-refractivity contribution in [3.63, 3.8) is 0 Å². The Balaban J connectivity index is 1.59. The molecule has 1 saturated carbocycles. The van der Waals surface area contributed by atoms with Gasteiger partial charge in [0.05, 0.1) is 12.7 Å². The van der Waals surface area contributed by atoms with Crippen LogP contribution in [0.3, 0.4) is 0 Å². The summed E-state index contributed by atoms with van der Waals surface area (Å²) in [6.45, 7) is 2.25. The Hall–Kier alpha value is -3.14. The molecule has 0 spiro atoms. The number of amides is 2. The Morgan fingerprint density at radius 3 is 2.10 bits per heavy atom. The SMILES string of the molecule is CC(N)C(NC(=O)c1ccc(C#Cc2ccc(COC3CC3)cc2)cc1)C(N)=O. The van der Waals surface area contributed by atoms with Crippen molar-refractivity contribution in [2.75, 3.05) is 0 Å². The van der Waals surface area contributed by atoms with Crippen LogP contribution in [0.4, 0.5) is 0 Å². The molecule has 150 valence electrons. The molecule has 0 aliphatic heterocycles. The van der Waals surface area contributed by atoms with Gasteiger partial charge in [-0.15, -0.1) is 0 Å². The first-order chi connectivity index (χ1) is 13.9. The zero-order valence-corrected chi connectivity index (χ0v) is 16.4. The van der Waals surface area contributed by atoms with Crippen molar-refractivity contribution < 1.29 is 14.3 Å². The van der Waals surface area contributed by atoms with Crippen LogP contribution in [0.2, 0.25) is 0 Å². The molecular weight excluding hydrogens is 366 g/mol. The second-order valence-corrected chi connectivity index (χ2v) is 7.25. The lowest BCUT2D eigenvalue weighted by Crippen LogP contribution is -2.53. The lowest BCUT2D eigenvalue weighted by molar-refractivity contribution is -0.120. The van der Waals surface area contributed by atoms with Crippen molar-refractivity contribution in [2.24, 2.45) is 11.5 Å². The van der Waals surface area contributed by atoms with Crippen LogP contribution in [0.5, 0.6) is 0 Å². The van der Waals surface area contributed by atoms with E-state index in [0.29, 0.717) is 18.3 Å². The van der Waals surface area contributed by atoms with E-state index in [-0.39, 0.29) is 0 Å². The lowest BCUT2D eigenvalue weighted by atomic mass is 10.1. The van der Waals surface area contributed by atoms with Crippen molar-refractivity contribution in [3.8, 4) is 11.8 Å². The first kappa shape index (κ1) is 20.6. The number of carbonyl (C=O) groups is 2. The topological polar surface area (TPSA) is 107 Å². The van der Waals surface area contributed by atoms with Gasteiger partial charge in [0.15, 0.2) is 0 Å². The van der Waals surface area contributed by atoms with Gasteiger partial charge in [0.2, 0.25) is 5.91 Å². The second-order valence-electron chi connectivity index (χ2n) is 7.25. The Morgan fingerprint density at radius 1 is 1.07 bits per heavy atom. The molecule has 0 radical (unpaired) electrons. The zero-order chi connectivity index (χ0) is 20.8. The average Bonchev–Trinajstić information content (AvgIpc) is 3.54. The fourth-order valence-corrected chi connectivity index (χ4v) is 2.67. The number of ether oxygens (including phenoxy) is 1. The molecular formula is C23H25N3O3. The van der Waals surface area contributed by atoms with Gasteiger partial charge >= 0.3 is 0 Å². The fourth-order valence-electron chi connectivity index (χ4n) is 2.67. The first-order valence-corrected chi connectivity index (χ1v) is 9.61. The summed E-state index contributed by atoms with van der Waals surface area (Å²) in [6.07, 6.45) is 2.78. The minimum atomic E-state index is -0.917. The summed E-state index contributed by atoms with van der Waals surface area (Å²) in [7, 11) is 0. The first-order valence-electron chi connectivity index (χ1n) is 9.61. The predicted molar refractivity (Wildman–Crippen MR) is 111 cm³/mol. The van der Waals surface area contributed by atoms with E-state index in [2.05, 4.69) is 17.2 Å². The highest BCUT2D eigenvalue weighted by atomic mass is 16.5. The van der Waals surface area contributed by atoms with Gasteiger partial charge in [-0.3, -0.25) is 9.59 Å². The van der Waals surface area contributed by atoms with Gasteiger partial charge in [-0.05, 0) is 61.7 Å². The standard InChI is InChI=1S/C23H25N3O3/c1-15(24)21(22(25)27)26-23(28)19-10-8-17(9-11-19)3-2-16-4-6-18(7-5-16)14-29-20-12-13-20/h4-11,15,20-21H,12-14,24H2,1H3,(H2,25,27)(H,26,28). The molecule has 2 atom stereocenters. The van der Waals surface area contributed by atoms with Crippen molar-refractivity contribution in [3.05, 3.63) is 70.8 Å². The third-order valence-corrected chi connectivity index (χ3v) is 4.58. The minimum absolute atomic E-state index is 0.405. The molecule has 1 fully saturated rings. The van der Waals surface area contributed by atoms with E-state index < -0.39 is 23.9 Å². The van der Waals surface area contributed by atoms with E-state index in [1.54, 1.807) is 31.2 Å². The Kier molecular flexibility index (Phi) is 6.65. The molecule has 2 aromatic carbocycles. The van der Waals surface area contributed by atoms with E-state index >= 15 is 0 Å². The van der Waals surface area contributed by atoms with E-state index in [0.717, 1.165) is 16.7 Å². The van der Waals surface area contributed by atoms with Crippen LogP contribution in [0.25, 0.3) is 0 Å². The average molecular weight is 391 g/mol. The van der Waals surface area contributed by atoms with Gasteiger partial charge < -0.3 is 21.5 Å². The maximum absolute atomic E-state index is 12.3. The van der Waals surface area contributed by atoms with Gasteiger partial charge in [0.1, 0.15) is 6.04 Å².